The van der Waals surface area contributed by atoms with Gasteiger partial charge in [-0.1, -0.05) is 43.7 Å². The van der Waals surface area contributed by atoms with Gasteiger partial charge in [0.1, 0.15) is 5.69 Å². The molecule has 0 aliphatic carbocycles. The lowest BCUT2D eigenvalue weighted by atomic mass is 10.2. The van der Waals surface area contributed by atoms with Gasteiger partial charge in [0.05, 0.1) is 0 Å². The van der Waals surface area contributed by atoms with Crippen LogP contribution in [0, 0.1) is 0 Å². The van der Waals surface area contributed by atoms with Crippen molar-refractivity contribution in [2.24, 2.45) is 0 Å². The molecule has 0 saturated carbocycles. The van der Waals surface area contributed by atoms with E-state index in [-0.39, 0.29) is 11.9 Å². The molecule has 0 fully saturated rings. The zero-order valence-corrected chi connectivity index (χ0v) is 14.7. The molecule has 1 aromatic carbocycles. The van der Waals surface area contributed by atoms with Gasteiger partial charge in [0.15, 0.2) is 0 Å². The summed E-state index contributed by atoms with van der Waals surface area (Å²) in [4.78, 5) is 23.1. The van der Waals surface area contributed by atoms with Crippen molar-refractivity contribution in [2.45, 2.75) is 46.2 Å². The number of unbranched alkanes of at least 4 members (excludes halogenated alkanes) is 1. The number of carbonyl (C=O) groups excluding carboxylic acids is 1. The van der Waals surface area contributed by atoms with Crippen LogP contribution < -0.4 is 10.2 Å². The second-order valence-electron chi connectivity index (χ2n) is 6.06. The van der Waals surface area contributed by atoms with E-state index < -0.39 is 0 Å². The van der Waals surface area contributed by atoms with E-state index in [4.69, 9.17) is 0 Å². The summed E-state index contributed by atoms with van der Waals surface area (Å²) in [6, 6.07) is 12.1. The Labute approximate surface area is 144 Å². The number of hydrogen-bond donors (Lipinski definition) is 1. The number of amides is 1. The summed E-state index contributed by atoms with van der Waals surface area (Å²) >= 11 is 0. The third-order valence-corrected chi connectivity index (χ3v) is 3.77. The first-order valence-corrected chi connectivity index (χ1v) is 8.53. The minimum Gasteiger partial charge on any atom is -0.351 e. The molecule has 24 heavy (non-hydrogen) atoms. The van der Waals surface area contributed by atoms with Crippen molar-refractivity contribution in [2.75, 3.05) is 11.4 Å². The number of anilines is 1. The van der Waals surface area contributed by atoms with Gasteiger partial charge in [-0.15, -0.1) is 0 Å². The predicted molar refractivity (Wildman–Crippen MR) is 97.0 cm³/mol. The Hall–Kier alpha value is -2.43. The smallest absolute Gasteiger partial charge is 0.270 e. The minimum atomic E-state index is -0.143. The molecule has 0 bridgehead atoms. The highest BCUT2D eigenvalue weighted by molar-refractivity contribution is 5.92. The fourth-order valence-electron chi connectivity index (χ4n) is 2.35. The molecule has 0 unspecified atom stereocenters. The Kier molecular flexibility index (Phi) is 6.73. The normalized spacial score (nSPS) is 10.7. The SMILES string of the molecule is CCCCNC(=O)c1ccnc(N(Cc2ccccc2)C(C)C)n1. The lowest BCUT2D eigenvalue weighted by Crippen LogP contribution is -2.33. The fourth-order valence-corrected chi connectivity index (χ4v) is 2.35. The quantitative estimate of drug-likeness (QED) is 0.755. The summed E-state index contributed by atoms with van der Waals surface area (Å²) in [5, 5.41) is 2.90. The number of carbonyl (C=O) groups is 1. The van der Waals surface area contributed by atoms with Gasteiger partial charge in [-0.05, 0) is 31.9 Å². The predicted octanol–water partition coefficient (Wildman–Crippen LogP) is 3.42. The summed E-state index contributed by atoms with van der Waals surface area (Å²) in [5.41, 5.74) is 1.60. The number of rotatable bonds is 8. The third-order valence-electron chi connectivity index (χ3n) is 3.77. The molecule has 0 atom stereocenters. The maximum atomic E-state index is 12.2. The summed E-state index contributed by atoms with van der Waals surface area (Å²) < 4.78 is 0. The van der Waals surface area contributed by atoms with E-state index in [0.717, 1.165) is 12.8 Å². The number of nitrogens with zero attached hydrogens (tertiary/aromatic N) is 3. The minimum absolute atomic E-state index is 0.143. The van der Waals surface area contributed by atoms with Crippen LogP contribution in [0.2, 0.25) is 0 Å². The maximum absolute atomic E-state index is 12.2. The number of benzene rings is 1. The van der Waals surface area contributed by atoms with Gasteiger partial charge in [0.2, 0.25) is 5.95 Å². The van der Waals surface area contributed by atoms with E-state index >= 15 is 0 Å². The van der Waals surface area contributed by atoms with Crippen LogP contribution in [-0.4, -0.2) is 28.5 Å². The lowest BCUT2D eigenvalue weighted by Gasteiger charge is -2.27. The second kappa shape index (κ2) is 9.01. The molecule has 1 heterocycles. The van der Waals surface area contributed by atoms with Crippen LogP contribution in [0.1, 0.15) is 49.7 Å². The number of aromatic nitrogens is 2. The van der Waals surface area contributed by atoms with Crippen LogP contribution in [0.25, 0.3) is 0 Å². The Morgan fingerprint density at radius 2 is 1.96 bits per heavy atom. The van der Waals surface area contributed by atoms with Crippen molar-refractivity contribution < 1.29 is 4.79 Å². The van der Waals surface area contributed by atoms with Crippen LogP contribution in [-0.2, 0) is 6.54 Å². The van der Waals surface area contributed by atoms with E-state index in [0.29, 0.717) is 24.7 Å². The van der Waals surface area contributed by atoms with E-state index in [1.165, 1.54) is 5.56 Å². The van der Waals surface area contributed by atoms with Crippen molar-refractivity contribution in [3.05, 3.63) is 53.9 Å². The molecule has 2 aromatic rings. The highest BCUT2D eigenvalue weighted by Gasteiger charge is 2.16. The average molecular weight is 326 g/mol. The summed E-state index contributed by atoms with van der Waals surface area (Å²) in [6.45, 7) is 7.67. The molecular weight excluding hydrogens is 300 g/mol. The molecule has 128 valence electrons. The average Bonchev–Trinajstić information content (AvgIpc) is 2.60. The Morgan fingerprint density at radius 1 is 1.21 bits per heavy atom. The Balaban J connectivity index is 2.15. The van der Waals surface area contributed by atoms with Crippen LogP contribution in [0.4, 0.5) is 5.95 Å². The first-order chi connectivity index (χ1) is 11.6. The standard InChI is InChI=1S/C19H26N4O/c1-4-5-12-20-18(24)17-11-13-21-19(22-17)23(15(2)3)14-16-9-7-6-8-10-16/h6-11,13,15H,4-5,12,14H2,1-3H3,(H,20,24). The van der Waals surface area contributed by atoms with Gasteiger partial charge in [-0.25, -0.2) is 9.97 Å². The molecule has 5 heteroatoms. The van der Waals surface area contributed by atoms with Gasteiger partial charge in [-0.3, -0.25) is 4.79 Å². The third kappa shape index (κ3) is 5.05. The van der Waals surface area contributed by atoms with Crippen LogP contribution in [0.3, 0.4) is 0 Å². The molecule has 5 nitrogen and oxygen atoms in total. The van der Waals surface area contributed by atoms with E-state index in [1.807, 2.05) is 18.2 Å². The topological polar surface area (TPSA) is 58.1 Å². The van der Waals surface area contributed by atoms with Crippen molar-refractivity contribution in [1.82, 2.24) is 15.3 Å². The van der Waals surface area contributed by atoms with Crippen LogP contribution in [0.15, 0.2) is 42.6 Å². The van der Waals surface area contributed by atoms with Crippen molar-refractivity contribution in [3.8, 4) is 0 Å². The molecular formula is C19H26N4O. The molecule has 0 spiro atoms. The van der Waals surface area contributed by atoms with Gasteiger partial charge in [-0.2, -0.15) is 0 Å². The zero-order chi connectivity index (χ0) is 17.4. The zero-order valence-electron chi connectivity index (χ0n) is 14.7. The summed E-state index contributed by atoms with van der Waals surface area (Å²) in [5.74, 6) is 0.438. The molecule has 2 rings (SSSR count). The molecule has 1 N–H and O–H groups in total. The largest absolute Gasteiger partial charge is 0.351 e. The molecule has 0 saturated heterocycles. The fraction of sp³-hybridized carbons (Fsp3) is 0.421. The van der Waals surface area contributed by atoms with Crippen molar-refractivity contribution >= 4 is 11.9 Å². The molecule has 1 amide bonds. The first-order valence-electron chi connectivity index (χ1n) is 8.53. The van der Waals surface area contributed by atoms with Crippen LogP contribution in [0.5, 0.6) is 0 Å². The monoisotopic (exact) mass is 326 g/mol. The second-order valence-corrected chi connectivity index (χ2v) is 6.06. The highest BCUT2D eigenvalue weighted by Crippen LogP contribution is 2.16. The van der Waals surface area contributed by atoms with Crippen LogP contribution >= 0.6 is 0 Å². The maximum Gasteiger partial charge on any atom is 0.270 e. The van der Waals surface area contributed by atoms with Crippen molar-refractivity contribution in [3.63, 3.8) is 0 Å². The van der Waals surface area contributed by atoms with Gasteiger partial charge < -0.3 is 10.2 Å². The summed E-state index contributed by atoms with van der Waals surface area (Å²) in [7, 11) is 0. The number of hydrogen-bond acceptors (Lipinski definition) is 4. The van der Waals surface area contributed by atoms with Gasteiger partial charge >= 0.3 is 0 Å². The van der Waals surface area contributed by atoms with E-state index in [2.05, 4.69) is 53.1 Å². The Morgan fingerprint density at radius 3 is 2.62 bits per heavy atom. The van der Waals surface area contributed by atoms with Gasteiger partial charge in [0.25, 0.3) is 5.91 Å². The highest BCUT2D eigenvalue weighted by atomic mass is 16.1. The first kappa shape index (κ1) is 17.9. The lowest BCUT2D eigenvalue weighted by molar-refractivity contribution is 0.0948. The summed E-state index contributed by atoms with van der Waals surface area (Å²) in [6.07, 6.45) is 3.67. The van der Waals surface area contributed by atoms with E-state index in [9.17, 15) is 4.79 Å². The Bertz CT molecular complexity index is 643. The number of nitrogens with one attached hydrogen (secondary N) is 1. The molecule has 0 aliphatic heterocycles. The van der Waals surface area contributed by atoms with Gasteiger partial charge in [0, 0.05) is 25.3 Å². The van der Waals surface area contributed by atoms with E-state index in [1.54, 1.807) is 12.3 Å². The molecule has 0 aliphatic rings. The molecule has 1 aromatic heterocycles. The van der Waals surface area contributed by atoms with Crippen molar-refractivity contribution in [1.29, 1.82) is 0 Å². The molecule has 0 radical (unpaired) electrons.